The van der Waals surface area contributed by atoms with E-state index < -0.39 is 59.1 Å². The zero-order valence-electron chi connectivity index (χ0n) is 30.0. The van der Waals surface area contributed by atoms with Crippen molar-refractivity contribution in [2.75, 3.05) is 7.11 Å². The van der Waals surface area contributed by atoms with Crippen LogP contribution in [0.5, 0.6) is 0 Å². The fourth-order valence-electron chi connectivity index (χ4n) is 3.65. The third kappa shape index (κ3) is 17.8. The number of hydroxylamine groups is 1. The number of aliphatic hydroxyl groups is 2. The van der Waals surface area contributed by atoms with Crippen LogP contribution < -0.4 is 33.5 Å². The zero-order valence-corrected chi connectivity index (χ0v) is 30.0. The lowest BCUT2D eigenvalue weighted by atomic mass is 9.95. The van der Waals surface area contributed by atoms with Gasteiger partial charge in [0.05, 0.1) is 7.11 Å². The van der Waals surface area contributed by atoms with Crippen LogP contribution in [0.25, 0.3) is 0 Å². The number of nitrogens with two attached hydrogens (primary N) is 3. The number of aliphatic hydroxyl groups excluding tert-OH is 2. The van der Waals surface area contributed by atoms with Crippen LogP contribution in [0.4, 0.5) is 0 Å². The van der Waals surface area contributed by atoms with Crippen molar-refractivity contribution in [2.45, 2.75) is 76.9 Å². The second-order valence-electron chi connectivity index (χ2n) is 12.0. The van der Waals surface area contributed by atoms with Crippen molar-refractivity contribution in [2.24, 2.45) is 17.4 Å². The number of carbonyl (C=O) groups excluding carboxylic acids is 4. The van der Waals surface area contributed by atoms with E-state index in [9.17, 15) is 19.2 Å². The SMILES string of the molecule is COC(=O)[C@@H](NC(=O)c1ccc(C#CC#C[C@@H](C)O)cc1)C(C)(C)N.C[C@@H](O)C#CC#Cc1ccc(C(=O)N[C@H](C(=O)NO)C(C)(C)N)cc1.NO. The van der Waals surface area contributed by atoms with E-state index in [1.807, 2.05) is 0 Å². The molecule has 0 aliphatic rings. The fourth-order valence-corrected chi connectivity index (χ4v) is 3.65. The molecule has 0 heterocycles. The fraction of sp³-hybridized carbons (Fsp3) is 0.351. The number of esters is 1. The smallest absolute Gasteiger partial charge is 0.330 e. The van der Waals surface area contributed by atoms with E-state index in [0.717, 1.165) is 0 Å². The predicted octanol–water partition coefficient (Wildman–Crippen LogP) is -0.471. The van der Waals surface area contributed by atoms with Crippen molar-refractivity contribution in [1.82, 2.24) is 16.1 Å². The van der Waals surface area contributed by atoms with Gasteiger partial charge in [0.2, 0.25) is 0 Å². The number of hydrogen-bond acceptors (Lipinski definition) is 12. The quantitative estimate of drug-likeness (QED) is 0.0718. The van der Waals surface area contributed by atoms with E-state index in [1.165, 1.54) is 19.5 Å². The standard InChI is InChI=1S/C19H22N2O4.C18H21N3O4.H3NO/c1-13(22)7-5-6-8-14-9-11-15(12-10-14)17(23)21-16(18(24)25-4)19(2,3)20;1-12(22)6-4-5-7-13-8-10-14(11-9-13)16(23)20-15(17(24)21-25)18(2,3)19;1-2/h9-13,16,22H,20H2,1-4H3,(H,21,23);8-12,15,22,25H,19H2,1-3H3,(H,20,23)(H,21,24);2H,1H2/t13-,16-;12-,15-;/m11./s1. The van der Waals surface area contributed by atoms with Crippen LogP contribution in [0, 0.1) is 47.4 Å². The van der Waals surface area contributed by atoms with Crippen molar-refractivity contribution in [3.05, 3.63) is 70.8 Å². The second kappa shape index (κ2) is 22.9. The molecule has 0 aliphatic carbocycles. The molecule has 0 saturated carbocycles. The highest BCUT2D eigenvalue weighted by molar-refractivity contribution is 5.98. The van der Waals surface area contributed by atoms with Gasteiger partial charge in [-0.15, -0.1) is 0 Å². The average Bonchev–Trinajstić information content (AvgIpc) is 3.09. The molecule has 4 atom stereocenters. The summed E-state index contributed by atoms with van der Waals surface area (Å²) in [5, 5.41) is 38.3. The topological polar surface area (TPSA) is 273 Å². The first kappa shape index (κ1) is 46.3. The molecule has 3 amide bonds. The summed E-state index contributed by atoms with van der Waals surface area (Å²) in [5.41, 5.74) is 13.2. The van der Waals surface area contributed by atoms with Crippen LogP contribution in [0.2, 0.25) is 0 Å². The molecule has 2 aromatic rings. The van der Waals surface area contributed by atoms with E-state index in [0.29, 0.717) is 22.3 Å². The number of methoxy groups -OCH3 is 1. The molecule has 0 unspecified atom stereocenters. The van der Waals surface area contributed by atoms with Crippen molar-refractivity contribution >= 4 is 23.7 Å². The molecule has 2 aromatic carbocycles. The Labute approximate surface area is 303 Å². The van der Waals surface area contributed by atoms with Gasteiger partial charge in [-0.3, -0.25) is 19.6 Å². The monoisotopic (exact) mass is 718 g/mol. The lowest BCUT2D eigenvalue weighted by Crippen LogP contribution is -2.61. The van der Waals surface area contributed by atoms with Gasteiger partial charge in [-0.25, -0.2) is 16.2 Å². The largest absolute Gasteiger partial charge is 0.467 e. The molecule has 0 spiro atoms. The number of hydrogen-bond donors (Lipinski definition) is 10. The van der Waals surface area contributed by atoms with Gasteiger partial charge in [0.25, 0.3) is 17.7 Å². The average molecular weight is 719 g/mol. The molecule has 0 fully saturated rings. The van der Waals surface area contributed by atoms with E-state index in [1.54, 1.807) is 83.1 Å². The number of ether oxygens (including phenoxy) is 1. The van der Waals surface area contributed by atoms with Gasteiger partial charge in [-0.05, 0) is 114 Å². The minimum atomic E-state index is -1.11. The van der Waals surface area contributed by atoms with Crippen LogP contribution in [-0.2, 0) is 14.3 Å². The number of benzene rings is 2. The number of carbonyl (C=O) groups is 4. The summed E-state index contributed by atoms with van der Waals surface area (Å²) in [6.07, 6.45) is -1.47. The van der Waals surface area contributed by atoms with Crippen molar-refractivity contribution in [3.8, 4) is 47.4 Å². The van der Waals surface area contributed by atoms with E-state index >= 15 is 0 Å². The Morgan fingerprint density at radius 3 is 1.31 bits per heavy atom. The lowest BCUT2D eigenvalue weighted by Gasteiger charge is -2.29. The number of amides is 3. The van der Waals surface area contributed by atoms with Crippen LogP contribution in [-0.4, -0.2) is 86.8 Å². The van der Waals surface area contributed by atoms with Crippen LogP contribution in [0.15, 0.2) is 48.5 Å². The minimum Gasteiger partial charge on any atom is -0.467 e. The summed E-state index contributed by atoms with van der Waals surface area (Å²) >= 11 is 0. The van der Waals surface area contributed by atoms with Crippen molar-refractivity contribution in [3.63, 3.8) is 0 Å². The van der Waals surface area contributed by atoms with E-state index in [2.05, 4.69) is 68.6 Å². The summed E-state index contributed by atoms with van der Waals surface area (Å²) in [6.45, 7) is 9.45. The van der Waals surface area contributed by atoms with Gasteiger partial charge < -0.3 is 42.3 Å². The van der Waals surface area contributed by atoms with Crippen LogP contribution >= 0.6 is 0 Å². The molecule has 52 heavy (non-hydrogen) atoms. The highest BCUT2D eigenvalue weighted by atomic mass is 16.5. The molecule has 0 radical (unpaired) electrons. The first-order chi connectivity index (χ1) is 24.3. The second-order valence-corrected chi connectivity index (χ2v) is 12.0. The number of nitrogens with one attached hydrogen (secondary N) is 3. The number of rotatable bonds is 8. The third-order valence-electron chi connectivity index (χ3n) is 6.24. The van der Waals surface area contributed by atoms with Crippen molar-refractivity contribution in [1.29, 1.82) is 0 Å². The lowest BCUT2D eigenvalue weighted by molar-refractivity contribution is -0.144. The summed E-state index contributed by atoms with van der Waals surface area (Å²) in [7, 11) is 1.24. The van der Waals surface area contributed by atoms with Gasteiger partial charge in [-0.1, -0.05) is 23.7 Å². The van der Waals surface area contributed by atoms with Gasteiger partial charge in [-0.2, -0.15) is 0 Å². The van der Waals surface area contributed by atoms with E-state index in [-0.39, 0.29) is 0 Å². The maximum absolute atomic E-state index is 12.3. The van der Waals surface area contributed by atoms with Gasteiger partial charge >= 0.3 is 5.97 Å². The maximum atomic E-state index is 12.3. The Morgan fingerprint density at radius 1 is 0.673 bits per heavy atom. The van der Waals surface area contributed by atoms with Crippen LogP contribution in [0.1, 0.15) is 73.4 Å². The minimum absolute atomic E-state index is 0.306. The Morgan fingerprint density at radius 2 is 1.02 bits per heavy atom. The first-order valence-corrected chi connectivity index (χ1v) is 15.4. The highest BCUT2D eigenvalue weighted by Gasteiger charge is 2.35. The summed E-state index contributed by atoms with van der Waals surface area (Å²) in [4.78, 5) is 48.0. The molecular weight excluding hydrogens is 672 g/mol. The first-order valence-electron chi connectivity index (χ1n) is 15.4. The predicted molar refractivity (Wildman–Crippen MR) is 193 cm³/mol. The molecule has 2 rings (SSSR count). The third-order valence-corrected chi connectivity index (χ3v) is 6.24. The molecule has 278 valence electrons. The Balaban J connectivity index is 0.000000955. The van der Waals surface area contributed by atoms with Crippen molar-refractivity contribution < 1.29 is 44.5 Å². The highest BCUT2D eigenvalue weighted by Crippen LogP contribution is 2.11. The normalized spacial score (nSPS) is 12.2. The molecule has 0 saturated heterocycles. The molecule has 0 bridgehead atoms. The molecule has 15 nitrogen and oxygen atoms in total. The summed E-state index contributed by atoms with van der Waals surface area (Å²) < 4.78 is 4.68. The van der Waals surface area contributed by atoms with Gasteiger partial charge in [0.15, 0.2) is 0 Å². The zero-order chi connectivity index (χ0) is 40.1. The van der Waals surface area contributed by atoms with Gasteiger partial charge in [0, 0.05) is 33.3 Å². The van der Waals surface area contributed by atoms with Gasteiger partial charge in [0.1, 0.15) is 24.3 Å². The molecular formula is C37H46N6O9. The van der Waals surface area contributed by atoms with Crippen LogP contribution in [0.3, 0.4) is 0 Å². The molecule has 0 aromatic heterocycles. The Kier molecular flexibility index (Phi) is 20.4. The van der Waals surface area contributed by atoms with E-state index in [4.69, 9.17) is 32.1 Å². The maximum Gasteiger partial charge on any atom is 0.330 e. The Hall–Kier alpha value is -5.72. The summed E-state index contributed by atoms with van der Waals surface area (Å²) in [6, 6.07) is 10.7. The molecule has 0 aliphatic heterocycles. The summed E-state index contributed by atoms with van der Waals surface area (Å²) in [5.74, 6) is 21.9. The Bertz CT molecular complexity index is 1620. The molecule has 15 heteroatoms. The molecule has 13 N–H and O–H groups in total.